The fourth-order valence-corrected chi connectivity index (χ4v) is 3.72. The van der Waals surface area contributed by atoms with Gasteiger partial charge in [0.15, 0.2) is 0 Å². The summed E-state index contributed by atoms with van der Waals surface area (Å²) in [5.41, 5.74) is 3.79. The number of hydrogen-bond acceptors (Lipinski definition) is 7. The van der Waals surface area contributed by atoms with E-state index in [1.807, 2.05) is 5.38 Å². The zero-order chi connectivity index (χ0) is 21.3. The van der Waals surface area contributed by atoms with Crippen molar-refractivity contribution in [2.45, 2.75) is 6.92 Å². The van der Waals surface area contributed by atoms with Crippen molar-refractivity contribution in [1.29, 1.82) is 0 Å². The quantitative estimate of drug-likeness (QED) is 0.508. The summed E-state index contributed by atoms with van der Waals surface area (Å²) in [4.78, 5) is 29.0. The van der Waals surface area contributed by atoms with Gasteiger partial charge in [-0.2, -0.15) is 10.1 Å². The number of aromatic nitrogens is 1. The highest BCUT2D eigenvalue weighted by Gasteiger charge is 2.30. The van der Waals surface area contributed by atoms with Crippen LogP contribution in [0, 0.1) is 0 Å². The van der Waals surface area contributed by atoms with E-state index in [0.29, 0.717) is 27.7 Å². The third-order valence-corrected chi connectivity index (χ3v) is 5.36. The molecule has 0 unspecified atom stereocenters. The number of carbonyl (C=O) groups is 2. The second kappa shape index (κ2) is 7.92. The Morgan fingerprint density at radius 2 is 1.83 bits per heavy atom. The Bertz CT molecular complexity index is 1180. The lowest BCUT2D eigenvalue weighted by Gasteiger charge is -2.07. The molecule has 3 aromatic rings. The van der Waals surface area contributed by atoms with Gasteiger partial charge < -0.3 is 9.84 Å². The summed E-state index contributed by atoms with van der Waals surface area (Å²) in [5.74, 6) is -0.502. The van der Waals surface area contributed by atoms with Crippen molar-refractivity contribution in [2.24, 2.45) is 5.10 Å². The molecule has 0 saturated heterocycles. The zero-order valence-electron chi connectivity index (χ0n) is 16.2. The molecule has 2 heterocycles. The van der Waals surface area contributed by atoms with Crippen LogP contribution in [0.4, 0.5) is 5.13 Å². The number of phenols is 1. The first-order chi connectivity index (χ1) is 14.5. The van der Waals surface area contributed by atoms with E-state index in [2.05, 4.69) is 10.1 Å². The number of aromatic hydroxyl groups is 1. The van der Waals surface area contributed by atoms with E-state index >= 15 is 0 Å². The molecule has 1 aliphatic rings. The van der Waals surface area contributed by atoms with Crippen LogP contribution in [0.15, 0.2) is 64.6 Å². The van der Waals surface area contributed by atoms with Crippen LogP contribution in [0.1, 0.15) is 22.8 Å². The Hall–Kier alpha value is -3.78. The number of anilines is 1. The molecule has 0 aliphatic carbocycles. The molecule has 1 amide bonds. The standard InChI is InChI=1S/C22H17N3O4S/c1-13-18(11-14-3-5-16(6-4-14)21(28)29-2)20(27)25(24-13)22-23-19(12-30-22)15-7-9-17(26)10-8-15/h3-12,26H,1-2H3/b18-11+. The molecule has 0 spiro atoms. The molecule has 0 bridgehead atoms. The maximum absolute atomic E-state index is 12.9. The number of amides is 1. The van der Waals surface area contributed by atoms with Gasteiger partial charge in [0, 0.05) is 10.9 Å². The average molecular weight is 419 g/mol. The number of hydrazone groups is 1. The Morgan fingerprint density at radius 1 is 1.13 bits per heavy atom. The van der Waals surface area contributed by atoms with Crippen molar-refractivity contribution < 1.29 is 19.4 Å². The summed E-state index contributed by atoms with van der Waals surface area (Å²) in [6.07, 6.45) is 1.73. The molecule has 1 aliphatic heterocycles. The average Bonchev–Trinajstić information content (AvgIpc) is 3.35. The van der Waals surface area contributed by atoms with Crippen LogP contribution in [0.3, 0.4) is 0 Å². The van der Waals surface area contributed by atoms with Gasteiger partial charge in [-0.3, -0.25) is 4.79 Å². The van der Waals surface area contributed by atoms with Crippen molar-refractivity contribution in [3.8, 4) is 17.0 Å². The Morgan fingerprint density at radius 3 is 2.50 bits per heavy atom. The monoisotopic (exact) mass is 419 g/mol. The van der Waals surface area contributed by atoms with E-state index in [0.717, 1.165) is 11.1 Å². The Balaban J connectivity index is 1.57. The number of hydrogen-bond donors (Lipinski definition) is 1. The zero-order valence-corrected chi connectivity index (χ0v) is 17.0. The number of benzene rings is 2. The molecule has 0 radical (unpaired) electrons. The molecular weight excluding hydrogens is 402 g/mol. The largest absolute Gasteiger partial charge is 0.508 e. The van der Waals surface area contributed by atoms with E-state index in [1.54, 1.807) is 61.5 Å². The molecule has 0 atom stereocenters. The van der Waals surface area contributed by atoms with Gasteiger partial charge in [0.05, 0.1) is 29.7 Å². The number of carbonyl (C=O) groups excluding carboxylic acids is 2. The third-order valence-electron chi connectivity index (χ3n) is 4.54. The third kappa shape index (κ3) is 3.72. The molecule has 4 rings (SSSR count). The van der Waals surface area contributed by atoms with Gasteiger partial charge in [-0.15, -0.1) is 11.3 Å². The van der Waals surface area contributed by atoms with Gasteiger partial charge in [0.1, 0.15) is 5.75 Å². The highest BCUT2D eigenvalue weighted by molar-refractivity contribution is 7.14. The first-order valence-corrected chi connectivity index (χ1v) is 9.89. The maximum Gasteiger partial charge on any atom is 0.337 e. The first kappa shape index (κ1) is 19.5. The minimum absolute atomic E-state index is 0.179. The second-order valence-corrected chi connectivity index (χ2v) is 7.37. The number of esters is 1. The SMILES string of the molecule is COC(=O)c1ccc(/C=C2/C(=O)N(c3nc(-c4ccc(O)cc4)cs3)N=C2C)cc1. The topological polar surface area (TPSA) is 92.1 Å². The lowest BCUT2D eigenvalue weighted by atomic mass is 10.1. The lowest BCUT2D eigenvalue weighted by Crippen LogP contribution is -2.21. The van der Waals surface area contributed by atoms with Crippen molar-refractivity contribution in [3.05, 3.63) is 70.6 Å². The summed E-state index contributed by atoms with van der Waals surface area (Å²) >= 11 is 1.31. The van der Waals surface area contributed by atoms with Gasteiger partial charge >= 0.3 is 5.97 Å². The Labute approximate surface area is 176 Å². The van der Waals surface area contributed by atoms with Crippen LogP contribution in [0.25, 0.3) is 17.3 Å². The molecule has 30 heavy (non-hydrogen) atoms. The fraction of sp³-hybridized carbons (Fsp3) is 0.0909. The highest BCUT2D eigenvalue weighted by atomic mass is 32.1. The van der Waals surface area contributed by atoms with Crippen LogP contribution < -0.4 is 5.01 Å². The molecule has 7 nitrogen and oxygen atoms in total. The minimum Gasteiger partial charge on any atom is -0.508 e. The number of nitrogens with zero attached hydrogens (tertiary/aromatic N) is 3. The molecular formula is C22H17N3O4S. The summed E-state index contributed by atoms with van der Waals surface area (Å²) < 4.78 is 4.69. The summed E-state index contributed by atoms with van der Waals surface area (Å²) in [5, 5.41) is 17.4. The molecule has 0 saturated carbocycles. The highest BCUT2D eigenvalue weighted by Crippen LogP contribution is 2.32. The Kier molecular flexibility index (Phi) is 5.16. The van der Waals surface area contributed by atoms with Gasteiger partial charge in [-0.25, -0.2) is 9.78 Å². The summed E-state index contributed by atoms with van der Waals surface area (Å²) in [6.45, 7) is 1.76. The van der Waals surface area contributed by atoms with Gasteiger partial charge in [-0.1, -0.05) is 12.1 Å². The molecule has 0 fully saturated rings. The van der Waals surface area contributed by atoms with E-state index in [4.69, 9.17) is 4.74 Å². The van der Waals surface area contributed by atoms with Crippen molar-refractivity contribution in [3.63, 3.8) is 0 Å². The second-order valence-electron chi connectivity index (χ2n) is 6.54. The molecule has 2 aromatic carbocycles. The van der Waals surface area contributed by atoms with E-state index in [-0.39, 0.29) is 11.7 Å². The summed E-state index contributed by atoms with van der Waals surface area (Å²) in [7, 11) is 1.33. The van der Waals surface area contributed by atoms with E-state index in [1.165, 1.54) is 23.5 Å². The van der Waals surface area contributed by atoms with E-state index < -0.39 is 5.97 Å². The first-order valence-electron chi connectivity index (χ1n) is 9.01. The van der Waals surface area contributed by atoms with Crippen molar-refractivity contribution >= 4 is 40.1 Å². The predicted octanol–water partition coefficient (Wildman–Crippen LogP) is 4.11. The van der Waals surface area contributed by atoms with Gasteiger partial charge in [-0.05, 0) is 55.0 Å². The van der Waals surface area contributed by atoms with Crippen molar-refractivity contribution in [1.82, 2.24) is 4.98 Å². The predicted molar refractivity (Wildman–Crippen MR) is 116 cm³/mol. The van der Waals surface area contributed by atoms with Crippen LogP contribution >= 0.6 is 11.3 Å². The van der Waals surface area contributed by atoms with Gasteiger partial charge in [0.2, 0.25) is 5.13 Å². The number of ether oxygens (including phenoxy) is 1. The number of phenolic OH excluding ortho intramolecular Hbond substituents is 1. The molecule has 150 valence electrons. The molecule has 8 heteroatoms. The lowest BCUT2D eigenvalue weighted by molar-refractivity contribution is -0.114. The smallest absolute Gasteiger partial charge is 0.337 e. The van der Waals surface area contributed by atoms with Crippen LogP contribution in [0.5, 0.6) is 5.75 Å². The fourth-order valence-electron chi connectivity index (χ4n) is 2.94. The van der Waals surface area contributed by atoms with Gasteiger partial charge in [0.25, 0.3) is 5.91 Å². The molecule has 1 aromatic heterocycles. The molecule has 1 N–H and O–H groups in total. The van der Waals surface area contributed by atoms with Crippen molar-refractivity contribution in [2.75, 3.05) is 12.1 Å². The summed E-state index contributed by atoms with van der Waals surface area (Å²) in [6, 6.07) is 13.5. The van der Waals surface area contributed by atoms with Crippen LogP contribution in [-0.2, 0) is 9.53 Å². The van der Waals surface area contributed by atoms with Crippen LogP contribution in [0.2, 0.25) is 0 Å². The number of methoxy groups -OCH3 is 1. The normalized spacial score (nSPS) is 14.9. The maximum atomic E-state index is 12.9. The van der Waals surface area contributed by atoms with Crippen LogP contribution in [-0.4, -0.2) is 34.8 Å². The number of thiazole rings is 1. The van der Waals surface area contributed by atoms with E-state index in [9.17, 15) is 14.7 Å². The minimum atomic E-state index is -0.414. The number of rotatable bonds is 4.